The minimum Gasteiger partial charge on any atom is -0.378 e. The molecule has 1 saturated heterocycles. The zero-order valence-corrected chi connectivity index (χ0v) is 21.0. The lowest BCUT2D eigenvalue weighted by atomic mass is 10.0. The van der Waals surface area contributed by atoms with Crippen LogP contribution in [0.15, 0.2) is 47.0 Å². The first-order valence-electron chi connectivity index (χ1n) is 11.7. The van der Waals surface area contributed by atoms with Crippen LogP contribution in [0.2, 0.25) is 10.0 Å². The Hall–Kier alpha value is -2.54. The van der Waals surface area contributed by atoms with E-state index in [-0.39, 0.29) is 12.0 Å². The minimum absolute atomic E-state index is 0.168. The first-order chi connectivity index (χ1) is 16.5. The number of ether oxygens (including phenoxy) is 1. The smallest absolute Gasteiger partial charge is 0.261 e. The Morgan fingerprint density at radius 1 is 1.12 bits per heavy atom. The second kappa shape index (κ2) is 11.3. The number of halogens is 2. The molecule has 1 N–H and O–H groups in total. The fourth-order valence-corrected chi connectivity index (χ4v) is 4.90. The van der Waals surface area contributed by atoms with Crippen LogP contribution < -0.4 is 10.2 Å². The monoisotopic (exact) mass is 501 g/mol. The second-order valence-corrected chi connectivity index (χ2v) is 9.09. The number of amides is 1. The summed E-state index contributed by atoms with van der Waals surface area (Å²) in [6.07, 6.45) is 3.52. The average Bonchev–Trinajstić information content (AvgIpc) is 3.49. The summed E-state index contributed by atoms with van der Waals surface area (Å²) in [5.74, 6) is 0.184. The summed E-state index contributed by atoms with van der Waals surface area (Å²) in [6, 6.07) is 13.0. The van der Waals surface area contributed by atoms with E-state index in [1.54, 1.807) is 18.2 Å². The normalized spacial score (nSPS) is 15.5. The van der Waals surface area contributed by atoms with Crippen LogP contribution in [0.5, 0.6) is 0 Å². The molecule has 4 rings (SSSR count). The molecule has 8 heteroatoms. The molecule has 1 fully saturated rings. The molecule has 0 unspecified atom stereocenters. The third-order valence-corrected chi connectivity index (χ3v) is 6.79. The van der Waals surface area contributed by atoms with Crippen LogP contribution in [0.3, 0.4) is 0 Å². The maximum absolute atomic E-state index is 13.5. The lowest BCUT2D eigenvalue weighted by molar-refractivity contribution is 0.1000. The molecule has 6 nitrogen and oxygen atoms in total. The third-order valence-electron chi connectivity index (χ3n) is 6.16. The van der Waals surface area contributed by atoms with E-state index < -0.39 is 0 Å². The summed E-state index contributed by atoms with van der Waals surface area (Å²) in [5.41, 5.74) is 2.97. The Bertz CT molecular complexity index is 1100. The maximum Gasteiger partial charge on any atom is 0.261 e. The van der Waals surface area contributed by atoms with Gasteiger partial charge < -0.3 is 19.5 Å². The predicted octanol–water partition coefficient (Wildman–Crippen LogP) is 6.86. The van der Waals surface area contributed by atoms with E-state index in [9.17, 15) is 4.79 Å². The van der Waals surface area contributed by atoms with Crippen molar-refractivity contribution in [3.05, 3.63) is 63.8 Å². The van der Waals surface area contributed by atoms with Crippen LogP contribution in [-0.2, 0) is 11.2 Å². The van der Waals surface area contributed by atoms with Crippen molar-refractivity contribution in [2.45, 2.75) is 45.6 Å². The average molecular weight is 502 g/mol. The van der Waals surface area contributed by atoms with Gasteiger partial charge >= 0.3 is 0 Å². The predicted molar refractivity (Wildman–Crippen MR) is 137 cm³/mol. The van der Waals surface area contributed by atoms with Crippen molar-refractivity contribution in [2.24, 2.45) is 0 Å². The van der Waals surface area contributed by atoms with E-state index in [4.69, 9.17) is 32.5 Å². The van der Waals surface area contributed by atoms with Crippen molar-refractivity contribution in [3.63, 3.8) is 0 Å². The summed E-state index contributed by atoms with van der Waals surface area (Å²) in [7, 11) is 0. The molecule has 180 valence electrons. The molecule has 3 aromatic rings. The lowest BCUT2D eigenvalue weighted by Crippen LogP contribution is -2.21. The van der Waals surface area contributed by atoms with Gasteiger partial charge in [-0.25, -0.2) is 0 Å². The number of aryl methyl sites for hydroxylation is 1. The van der Waals surface area contributed by atoms with Gasteiger partial charge in [0.1, 0.15) is 17.0 Å². The van der Waals surface area contributed by atoms with Gasteiger partial charge in [0, 0.05) is 43.1 Å². The van der Waals surface area contributed by atoms with Crippen molar-refractivity contribution in [2.75, 3.05) is 29.9 Å². The number of hydrogen-bond acceptors (Lipinski definition) is 5. The summed E-state index contributed by atoms with van der Waals surface area (Å²) in [6.45, 7) is 6.84. The van der Waals surface area contributed by atoms with E-state index in [1.807, 2.05) is 24.3 Å². The molecule has 34 heavy (non-hydrogen) atoms. The SMILES string of the molecule is CCN(CC)c1ccc(NC(=O)c2c(-c3c(Cl)cccc3Cl)noc2CC[C@@H]2CCCO2)cc1. The molecule has 2 aromatic carbocycles. The van der Waals surface area contributed by atoms with Crippen molar-refractivity contribution in [1.82, 2.24) is 5.16 Å². The number of rotatable bonds is 9. The van der Waals surface area contributed by atoms with Crippen LogP contribution in [-0.4, -0.2) is 36.9 Å². The Labute approximate surface area is 210 Å². The van der Waals surface area contributed by atoms with Gasteiger partial charge in [0.05, 0.1) is 16.1 Å². The van der Waals surface area contributed by atoms with Crippen molar-refractivity contribution >= 4 is 40.5 Å². The molecule has 0 aliphatic carbocycles. The van der Waals surface area contributed by atoms with Crippen LogP contribution in [0.4, 0.5) is 11.4 Å². The number of nitrogens with zero attached hydrogens (tertiary/aromatic N) is 2. The molecule has 1 amide bonds. The molecule has 0 saturated carbocycles. The molecule has 1 atom stereocenters. The number of hydrogen-bond donors (Lipinski definition) is 1. The van der Waals surface area contributed by atoms with Crippen molar-refractivity contribution in [1.29, 1.82) is 0 Å². The fraction of sp³-hybridized carbons (Fsp3) is 0.385. The summed E-state index contributed by atoms with van der Waals surface area (Å²) in [5, 5.41) is 8.03. The highest BCUT2D eigenvalue weighted by atomic mass is 35.5. The molecular formula is C26H29Cl2N3O3. The summed E-state index contributed by atoms with van der Waals surface area (Å²) >= 11 is 12.9. The highest BCUT2D eigenvalue weighted by molar-refractivity contribution is 6.39. The van der Waals surface area contributed by atoms with Gasteiger partial charge in [-0.2, -0.15) is 0 Å². The lowest BCUT2D eigenvalue weighted by Gasteiger charge is -2.21. The molecule has 1 aromatic heterocycles. The number of aromatic nitrogens is 1. The van der Waals surface area contributed by atoms with Gasteiger partial charge in [0.15, 0.2) is 0 Å². The number of nitrogens with one attached hydrogen (secondary N) is 1. The van der Waals surface area contributed by atoms with E-state index >= 15 is 0 Å². The molecule has 0 radical (unpaired) electrons. The Balaban J connectivity index is 1.63. The summed E-state index contributed by atoms with van der Waals surface area (Å²) < 4.78 is 11.4. The van der Waals surface area contributed by atoms with Gasteiger partial charge in [-0.05, 0) is 69.5 Å². The van der Waals surface area contributed by atoms with Gasteiger partial charge in [-0.15, -0.1) is 0 Å². The fourth-order valence-electron chi connectivity index (χ4n) is 4.33. The first-order valence-corrected chi connectivity index (χ1v) is 12.5. The van der Waals surface area contributed by atoms with E-state index in [0.717, 1.165) is 44.6 Å². The molecule has 1 aliphatic rings. The zero-order valence-electron chi connectivity index (χ0n) is 19.4. The minimum atomic E-state index is -0.315. The molecule has 0 bridgehead atoms. The zero-order chi connectivity index (χ0) is 24.1. The Kier molecular flexibility index (Phi) is 8.14. The molecule has 2 heterocycles. The summed E-state index contributed by atoms with van der Waals surface area (Å²) in [4.78, 5) is 15.7. The van der Waals surface area contributed by atoms with E-state index in [2.05, 4.69) is 29.2 Å². The van der Waals surface area contributed by atoms with Crippen LogP contribution >= 0.6 is 23.2 Å². The Morgan fingerprint density at radius 2 is 1.82 bits per heavy atom. The largest absolute Gasteiger partial charge is 0.378 e. The highest BCUT2D eigenvalue weighted by Gasteiger charge is 2.28. The van der Waals surface area contributed by atoms with Crippen molar-refractivity contribution in [3.8, 4) is 11.3 Å². The topological polar surface area (TPSA) is 67.6 Å². The van der Waals surface area contributed by atoms with E-state index in [1.165, 1.54) is 0 Å². The Morgan fingerprint density at radius 3 is 2.44 bits per heavy atom. The molecular weight excluding hydrogens is 473 g/mol. The number of carbonyl (C=O) groups is 1. The van der Waals surface area contributed by atoms with E-state index in [0.29, 0.717) is 44.7 Å². The van der Waals surface area contributed by atoms with Gasteiger partial charge in [-0.3, -0.25) is 4.79 Å². The number of benzene rings is 2. The standard InChI is InChI=1S/C26H29Cl2N3O3/c1-3-31(4-2)18-12-10-17(11-13-18)29-26(32)24-22(15-14-19-7-6-16-33-19)34-30-25(24)23-20(27)8-5-9-21(23)28/h5,8-13,19H,3-4,6-7,14-16H2,1-2H3,(H,29,32)/t19-/m0/s1. The first kappa shape index (κ1) is 24.6. The number of carbonyl (C=O) groups excluding carboxylic acids is 1. The second-order valence-electron chi connectivity index (χ2n) is 8.27. The molecule has 0 spiro atoms. The quantitative estimate of drug-likeness (QED) is 0.346. The van der Waals surface area contributed by atoms with Gasteiger partial charge in [-0.1, -0.05) is 34.4 Å². The van der Waals surface area contributed by atoms with Crippen LogP contribution in [0, 0.1) is 0 Å². The van der Waals surface area contributed by atoms with Gasteiger partial charge in [0.2, 0.25) is 0 Å². The molecule has 1 aliphatic heterocycles. The number of anilines is 2. The van der Waals surface area contributed by atoms with Crippen LogP contribution in [0.25, 0.3) is 11.3 Å². The maximum atomic E-state index is 13.5. The van der Waals surface area contributed by atoms with Crippen LogP contribution in [0.1, 0.15) is 49.2 Å². The third kappa shape index (κ3) is 5.40. The van der Waals surface area contributed by atoms with Gasteiger partial charge in [0.25, 0.3) is 5.91 Å². The van der Waals surface area contributed by atoms with Crippen molar-refractivity contribution < 1.29 is 14.1 Å². The highest BCUT2D eigenvalue weighted by Crippen LogP contribution is 2.37.